The summed E-state index contributed by atoms with van der Waals surface area (Å²) in [6, 6.07) is 6.89. The number of phenolic OH excluding ortho intramolecular Hbond substituents is 1. The van der Waals surface area contributed by atoms with Gasteiger partial charge >= 0.3 is 0 Å². The van der Waals surface area contributed by atoms with Gasteiger partial charge in [0.1, 0.15) is 11.6 Å². The van der Waals surface area contributed by atoms with Crippen LogP contribution >= 0.6 is 0 Å². The molecule has 3 N–H and O–H groups in total. The summed E-state index contributed by atoms with van der Waals surface area (Å²) in [5.74, 6) is 1.49. The van der Waals surface area contributed by atoms with E-state index in [4.69, 9.17) is 0 Å². The van der Waals surface area contributed by atoms with Gasteiger partial charge in [0, 0.05) is 30.6 Å². The first-order chi connectivity index (χ1) is 8.19. The Hall–Kier alpha value is -2.30. The Morgan fingerprint density at radius 1 is 1.29 bits per heavy atom. The van der Waals surface area contributed by atoms with Crippen molar-refractivity contribution in [3.8, 4) is 5.75 Å². The first-order valence-electron chi connectivity index (χ1n) is 5.26. The van der Waals surface area contributed by atoms with Gasteiger partial charge in [0.05, 0.1) is 0 Å². The van der Waals surface area contributed by atoms with Crippen LogP contribution in [0.25, 0.3) is 0 Å². The van der Waals surface area contributed by atoms with Gasteiger partial charge in [-0.1, -0.05) is 6.07 Å². The maximum absolute atomic E-state index is 9.38. The molecule has 0 saturated carbocycles. The summed E-state index contributed by atoms with van der Waals surface area (Å²) >= 11 is 0. The molecule has 5 heteroatoms. The van der Waals surface area contributed by atoms with Crippen LogP contribution in [0.2, 0.25) is 0 Å². The van der Waals surface area contributed by atoms with Crippen LogP contribution in [-0.4, -0.2) is 22.1 Å². The molecular weight excluding hydrogens is 216 g/mol. The Bertz CT molecular complexity index is 528. The Balaban J connectivity index is 2.29. The van der Waals surface area contributed by atoms with Crippen LogP contribution in [0.5, 0.6) is 5.75 Å². The highest BCUT2D eigenvalue weighted by atomic mass is 16.3. The number of phenols is 1. The third-order valence-electron chi connectivity index (χ3n) is 2.30. The molecule has 2 aromatic rings. The molecule has 0 spiro atoms. The summed E-state index contributed by atoms with van der Waals surface area (Å²) in [5, 5.41) is 15.4. The molecule has 1 aromatic heterocycles. The Morgan fingerprint density at radius 3 is 2.82 bits per heavy atom. The van der Waals surface area contributed by atoms with E-state index in [1.165, 1.54) is 0 Å². The molecule has 0 unspecified atom stereocenters. The standard InChI is InChI=1S/C12H14N4O/c1-8-7-14-12(13-2)16-11(8)15-9-4-3-5-10(17)6-9/h3-7,17H,1-2H3,(H2,13,14,15,16). The van der Waals surface area contributed by atoms with Crippen LogP contribution in [0, 0.1) is 6.92 Å². The molecule has 0 aliphatic rings. The fourth-order valence-electron chi connectivity index (χ4n) is 1.41. The summed E-state index contributed by atoms with van der Waals surface area (Å²) in [5.41, 5.74) is 1.72. The zero-order chi connectivity index (χ0) is 12.3. The van der Waals surface area contributed by atoms with Crippen LogP contribution in [0.4, 0.5) is 17.5 Å². The Morgan fingerprint density at radius 2 is 2.12 bits per heavy atom. The average Bonchev–Trinajstić information content (AvgIpc) is 2.32. The van der Waals surface area contributed by atoms with Crippen LogP contribution in [0.15, 0.2) is 30.5 Å². The number of anilines is 3. The SMILES string of the molecule is CNc1ncc(C)c(Nc2cccc(O)c2)n1. The number of hydrogen-bond acceptors (Lipinski definition) is 5. The monoisotopic (exact) mass is 230 g/mol. The molecule has 1 heterocycles. The zero-order valence-corrected chi connectivity index (χ0v) is 9.73. The van der Waals surface area contributed by atoms with Gasteiger partial charge in [-0.15, -0.1) is 0 Å². The van der Waals surface area contributed by atoms with Crippen LogP contribution < -0.4 is 10.6 Å². The molecular formula is C12H14N4O. The predicted molar refractivity (Wildman–Crippen MR) is 67.7 cm³/mol. The first kappa shape index (κ1) is 11.2. The van der Waals surface area contributed by atoms with Gasteiger partial charge in [0.25, 0.3) is 0 Å². The van der Waals surface area contributed by atoms with Crippen molar-refractivity contribution in [2.45, 2.75) is 6.92 Å². The van der Waals surface area contributed by atoms with Crippen molar-refractivity contribution in [3.63, 3.8) is 0 Å². The molecule has 17 heavy (non-hydrogen) atoms. The third-order valence-corrected chi connectivity index (χ3v) is 2.30. The predicted octanol–water partition coefficient (Wildman–Crippen LogP) is 2.28. The van der Waals surface area contributed by atoms with E-state index in [9.17, 15) is 5.11 Å². The number of nitrogens with zero attached hydrogens (tertiary/aromatic N) is 2. The highest BCUT2D eigenvalue weighted by Crippen LogP contribution is 2.21. The fourth-order valence-corrected chi connectivity index (χ4v) is 1.41. The summed E-state index contributed by atoms with van der Waals surface area (Å²) in [6.07, 6.45) is 1.74. The molecule has 2 rings (SSSR count). The van der Waals surface area contributed by atoms with Gasteiger partial charge in [-0.3, -0.25) is 0 Å². The number of aryl methyl sites for hydroxylation is 1. The first-order valence-corrected chi connectivity index (χ1v) is 5.26. The lowest BCUT2D eigenvalue weighted by Gasteiger charge is -2.09. The topological polar surface area (TPSA) is 70.1 Å². The fraction of sp³-hybridized carbons (Fsp3) is 0.167. The van der Waals surface area contributed by atoms with Crippen LogP contribution in [-0.2, 0) is 0 Å². The number of aromatic nitrogens is 2. The second-order valence-corrected chi connectivity index (χ2v) is 3.65. The Kier molecular flexibility index (Phi) is 3.09. The van der Waals surface area contributed by atoms with Crippen molar-refractivity contribution >= 4 is 17.5 Å². The van der Waals surface area contributed by atoms with E-state index < -0.39 is 0 Å². The van der Waals surface area contributed by atoms with Crippen molar-refractivity contribution in [3.05, 3.63) is 36.0 Å². The molecule has 0 aliphatic heterocycles. The van der Waals surface area contributed by atoms with E-state index in [1.807, 2.05) is 13.0 Å². The van der Waals surface area contributed by atoms with E-state index in [-0.39, 0.29) is 5.75 Å². The quantitative estimate of drug-likeness (QED) is 0.754. The van der Waals surface area contributed by atoms with E-state index in [2.05, 4.69) is 20.6 Å². The lowest BCUT2D eigenvalue weighted by atomic mass is 10.3. The van der Waals surface area contributed by atoms with Crippen molar-refractivity contribution < 1.29 is 5.11 Å². The largest absolute Gasteiger partial charge is 0.508 e. The molecule has 1 aromatic carbocycles. The number of nitrogens with one attached hydrogen (secondary N) is 2. The minimum absolute atomic E-state index is 0.218. The van der Waals surface area contributed by atoms with Crippen LogP contribution in [0.1, 0.15) is 5.56 Å². The highest BCUT2D eigenvalue weighted by Gasteiger charge is 2.03. The molecule has 88 valence electrons. The van der Waals surface area contributed by atoms with Crippen LogP contribution in [0.3, 0.4) is 0 Å². The minimum Gasteiger partial charge on any atom is -0.508 e. The van der Waals surface area contributed by atoms with Gasteiger partial charge in [-0.05, 0) is 19.1 Å². The number of rotatable bonds is 3. The molecule has 0 atom stereocenters. The molecule has 5 nitrogen and oxygen atoms in total. The molecule has 0 saturated heterocycles. The van der Waals surface area contributed by atoms with E-state index >= 15 is 0 Å². The molecule has 0 radical (unpaired) electrons. The highest BCUT2D eigenvalue weighted by molar-refractivity contribution is 5.61. The number of aromatic hydroxyl groups is 1. The van der Waals surface area contributed by atoms with Gasteiger partial charge in [-0.25, -0.2) is 4.98 Å². The summed E-state index contributed by atoms with van der Waals surface area (Å²) in [4.78, 5) is 8.41. The zero-order valence-electron chi connectivity index (χ0n) is 9.73. The smallest absolute Gasteiger partial charge is 0.224 e. The summed E-state index contributed by atoms with van der Waals surface area (Å²) in [6.45, 7) is 1.92. The Labute approximate surface area is 99.6 Å². The van der Waals surface area contributed by atoms with Gasteiger partial charge in [0.15, 0.2) is 0 Å². The average molecular weight is 230 g/mol. The van der Waals surface area contributed by atoms with E-state index in [1.54, 1.807) is 31.4 Å². The van der Waals surface area contributed by atoms with E-state index in [0.29, 0.717) is 5.95 Å². The number of hydrogen-bond donors (Lipinski definition) is 3. The maximum atomic E-state index is 9.38. The third kappa shape index (κ3) is 2.63. The van der Waals surface area contributed by atoms with Crippen molar-refractivity contribution in [1.29, 1.82) is 0 Å². The molecule has 0 aliphatic carbocycles. The molecule has 0 bridgehead atoms. The number of benzene rings is 1. The van der Waals surface area contributed by atoms with Crippen molar-refractivity contribution in [2.75, 3.05) is 17.7 Å². The lowest BCUT2D eigenvalue weighted by Crippen LogP contribution is -2.02. The summed E-state index contributed by atoms with van der Waals surface area (Å²) < 4.78 is 0. The van der Waals surface area contributed by atoms with Gasteiger partial charge in [0.2, 0.25) is 5.95 Å². The normalized spacial score (nSPS) is 10.0. The van der Waals surface area contributed by atoms with Gasteiger partial charge < -0.3 is 15.7 Å². The second kappa shape index (κ2) is 4.69. The summed E-state index contributed by atoms with van der Waals surface area (Å²) in [7, 11) is 1.77. The molecule has 0 amide bonds. The van der Waals surface area contributed by atoms with Crippen molar-refractivity contribution in [2.24, 2.45) is 0 Å². The maximum Gasteiger partial charge on any atom is 0.224 e. The lowest BCUT2D eigenvalue weighted by molar-refractivity contribution is 0.475. The van der Waals surface area contributed by atoms with E-state index in [0.717, 1.165) is 17.1 Å². The van der Waals surface area contributed by atoms with Gasteiger partial charge in [-0.2, -0.15) is 4.98 Å². The van der Waals surface area contributed by atoms with Crippen molar-refractivity contribution in [1.82, 2.24) is 9.97 Å². The molecule has 0 fully saturated rings. The second-order valence-electron chi connectivity index (χ2n) is 3.65. The minimum atomic E-state index is 0.218.